The lowest BCUT2D eigenvalue weighted by atomic mass is 10.1. The van der Waals surface area contributed by atoms with Crippen LogP contribution in [0.4, 0.5) is 5.69 Å². The second-order valence-corrected chi connectivity index (χ2v) is 6.08. The minimum absolute atomic E-state index is 0.0835. The highest BCUT2D eigenvalue weighted by atomic mass is 32.2. The molecule has 0 aromatic heterocycles. The van der Waals surface area contributed by atoms with Gasteiger partial charge in [-0.15, -0.1) is 11.8 Å². The van der Waals surface area contributed by atoms with Crippen molar-refractivity contribution in [2.45, 2.75) is 18.7 Å². The molecule has 2 rings (SSSR count). The number of hydrogen-bond donors (Lipinski definition) is 1. The molecule has 0 saturated heterocycles. The van der Waals surface area contributed by atoms with Gasteiger partial charge < -0.3 is 5.32 Å². The number of nitriles is 1. The largest absolute Gasteiger partial charge is 0.321 e. The molecule has 0 bridgehead atoms. The Hall–Kier alpha value is -2.51. The van der Waals surface area contributed by atoms with Gasteiger partial charge in [0.2, 0.25) is 0 Å². The zero-order valence-electron chi connectivity index (χ0n) is 13.4. The molecule has 1 N–H and O–H groups in total. The van der Waals surface area contributed by atoms with Gasteiger partial charge in [-0.1, -0.05) is 18.2 Å². The number of anilines is 1. The van der Waals surface area contributed by atoms with Crippen LogP contribution in [0.15, 0.2) is 52.9 Å². The van der Waals surface area contributed by atoms with Crippen LogP contribution in [0, 0.1) is 25.2 Å². The molecule has 0 aliphatic heterocycles. The van der Waals surface area contributed by atoms with Crippen LogP contribution in [0.2, 0.25) is 0 Å². The van der Waals surface area contributed by atoms with Crippen molar-refractivity contribution in [3.8, 4) is 6.07 Å². The SMILES string of the molecule is CSc1ccc(/C=C(\C#N)C(=O)Nc2ccc(C)c(C)c2)cc1. The van der Waals surface area contributed by atoms with Crippen molar-refractivity contribution >= 4 is 29.4 Å². The predicted molar refractivity (Wildman–Crippen MR) is 96.4 cm³/mol. The van der Waals surface area contributed by atoms with Crippen molar-refractivity contribution in [2.24, 2.45) is 0 Å². The van der Waals surface area contributed by atoms with E-state index in [0.717, 1.165) is 21.6 Å². The molecule has 0 heterocycles. The van der Waals surface area contributed by atoms with Crippen LogP contribution < -0.4 is 5.32 Å². The summed E-state index contributed by atoms with van der Waals surface area (Å²) < 4.78 is 0. The van der Waals surface area contributed by atoms with Gasteiger partial charge in [0.25, 0.3) is 5.91 Å². The maximum atomic E-state index is 12.3. The standard InChI is InChI=1S/C19H18N2OS/c1-13-4-7-17(10-14(13)2)21-19(22)16(12-20)11-15-5-8-18(23-3)9-6-15/h4-11H,1-3H3,(H,21,22)/b16-11+. The van der Waals surface area contributed by atoms with Gasteiger partial charge in [-0.3, -0.25) is 4.79 Å². The lowest BCUT2D eigenvalue weighted by molar-refractivity contribution is -0.112. The fraction of sp³-hybridized carbons (Fsp3) is 0.158. The smallest absolute Gasteiger partial charge is 0.266 e. The molecule has 3 nitrogen and oxygen atoms in total. The first-order valence-electron chi connectivity index (χ1n) is 7.18. The molecule has 0 unspecified atom stereocenters. The maximum Gasteiger partial charge on any atom is 0.266 e. The molecule has 0 fully saturated rings. The number of benzene rings is 2. The molecule has 0 spiro atoms. The van der Waals surface area contributed by atoms with Gasteiger partial charge in [-0.25, -0.2) is 0 Å². The highest BCUT2D eigenvalue weighted by Crippen LogP contribution is 2.18. The van der Waals surface area contributed by atoms with Gasteiger partial charge in [0.1, 0.15) is 11.6 Å². The molecule has 0 aliphatic rings. The predicted octanol–water partition coefficient (Wildman–Crippen LogP) is 4.57. The molecule has 23 heavy (non-hydrogen) atoms. The number of aryl methyl sites for hydroxylation is 2. The van der Waals surface area contributed by atoms with Gasteiger partial charge in [-0.2, -0.15) is 5.26 Å². The average molecular weight is 322 g/mol. The van der Waals surface area contributed by atoms with Gasteiger partial charge in [0, 0.05) is 10.6 Å². The number of nitrogens with zero attached hydrogens (tertiary/aromatic N) is 1. The number of carbonyl (C=O) groups excluding carboxylic acids is 1. The third-order valence-corrected chi connectivity index (χ3v) is 4.30. The van der Waals surface area contributed by atoms with Gasteiger partial charge in [0.05, 0.1) is 0 Å². The van der Waals surface area contributed by atoms with Crippen LogP contribution in [0.3, 0.4) is 0 Å². The molecule has 116 valence electrons. The van der Waals surface area contributed by atoms with E-state index in [2.05, 4.69) is 5.32 Å². The van der Waals surface area contributed by atoms with Gasteiger partial charge in [-0.05, 0) is 67.1 Å². The molecular weight excluding hydrogens is 304 g/mol. The van der Waals surface area contributed by atoms with Crippen LogP contribution in [-0.2, 0) is 4.79 Å². The van der Waals surface area contributed by atoms with Crippen molar-refractivity contribution in [3.63, 3.8) is 0 Å². The van der Waals surface area contributed by atoms with Crippen LogP contribution in [0.1, 0.15) is 16.7 Å². The summed E-state index contributed by atoms with van der Waals surface area (Å²) in [6.45, 7) is 4.00. The molecule has 0 aliphatic carbocycles. The third kappa shape index (κ3) is 4.48. The van der Waals surface area contributed by atoms with Crippen molar-refractivity contribution in [1.82, 2.24) is 0 Å². The zero-order valence-corrected chi connectivity index (χ0v) is 14.2. The number of thioether (sulfide) groups is 1. The normalized spacial score (nSPS) is 11.0. The molecule has 2 aromatic carbocycles. The van der Waals surface area contributed by atoms with E-state index < -0.39 is 5.91 Å². The average Bonchev–Trinajstić information content (AvgIpc) is 2.56. The Morgan fingerprint density at radius 3 is 2.39 bits per heavy atom. The van der Waals surface area contributed by atoms with E-state index in [9.17, 15) is 10.1 Å². The Kier molecular flexibility index (Phi) is 5.61. The number of hydrogen-bond acceptors (Lipinski definition) is 3. The second-order valence-electron chi connectivity index (χ2n) is 5.20. The fourth-order valence-corrected chi connectivity index (χ4v) is 2.44. The van der Waals surface area contributed by atoms with E-state index in [1.54, 1.807) is 17.8 Å². The summed E-state index contributed by atoms with van der Waals surface area (Å²) in [7, 11) is 0. The topological polar surface area (TPSA) is 52.9 Å². The summed E-state index contributed by atoms with van der Waals surface area (Å²) in [5.74, 6) is -0.398. The van der Waals surface area contributed by atoms with Crippen molar-refractivity contribution in [3.05, 3.63) is 64.7 Å². The Morgan fingerprint density at radius 1 is 1.13 bits per heavy atom. The Labute approximate surface area is 141 Å². The molecule has 0 radical (unpaired) electrons. The van der Waals surface area contributed by atoms with Crippen LogP contribution in [-0.4, -0.2) is 12.2 Å². The minimum atomic E-state index is -0.398. The lowest BCUT2D eigenvalue weighted by Crippen LogP contribution is -2.13. The summed E-state index contributed by atoms with van der Waals surface area (Å²) in [5, 5.41) is 12.0. The van der Waals surface area contributed by atoms with Crippen LogP contribution in [0.25, 0.3) is 6.08 Å². The number of rotatable bonds is 4. The van der Waals surface area contributed by atoms with Crippen LogP contribution >= 0.6 is 11.8 Å². The zero-order chi connectivity index (χ0) is 16.8. The first kappa shape index (κ1) is 16.9. The second kappa shape index (κ2) is 7.66. The van der Waals surface area contributed by atoms with Crippen molar-refractivity contribution in [1.29, 1.82) is 5.26 Å². The summed E-state index contributed by atoms with van der Waals surface area (Å²) in [4.78, 5) is 13.4. The number of amides is 1. The summed E-state index contributed by atoms with van der Waals surface area (Å²) in [5.41, 5.74) is 3.86. The Balaban J connectivity index is 2.18. The molecule has 2 aromatic rings. The molecule has 0 atom stereocenters. The Bertz CT molecular complexity index is 786. The minimum Gasteiger partial charge on any atom is -0.321 e. The van der Waals surface area contributed by atoms with Crippen molar-refractivity contribution < 1.29 is 4.79 Å². The molecule has 1 amide bonds. The molecular formula is C19H18N2OS. The number of carbonyl (C=O) groups is 1. The first-order valence-corrected chi connectivity index (χ1v) is 8.40. The lowest BCUT2D eigenvalue weighted by Gasteiger charge is -2.07. The summed E-state index contributed by atoms with van der Waals surface area (Å²) in [6.07, 6.45) is 3.60. The maximum absolute atomic E-state index is 12.3. The fourth-order valence-electron chi connectivity index (χ4n) is 2.03. The first-order chi connectivity index (χ1) is 11.0. The highest BCUT2D eigenvalue weighted by molar-refractivity contribution is 7.98. The van der Waals surface area contributed by atoms with Crippen molar-refractivity contribution in [2.75, 3.05) is 11.6 Å². The summed E-state index contributed by atoms with van der Waals surface area (Å²) in [6, 6.07) is 15.4. The molecule has 4 heteroatoms. The van der Waals surface area contributed by atoms with Crippen LogP contribution in [0.5, 0.6) is 0 Å². The third-order valence-electron chi connectivity index (χ3n) is 3.56. The van der Waals surface area contributed by atoms with E-state index >= 15 is 0 Å². The van der Waals surface area contributed by atoms with E-state index in [4.69, 9.17) is 0 Å². The quantitative estimate of drug-likeness (QED) is 0.509. The Morgan fingerprint density at radius 2 is 1.83 bits per heavy atom. The summed E-state index contributed by atoms with van der Waals surface area (Å²) >= 11 is 1.65. The van der Waals surface area contributed by atoms with Gasteiger partial charge in [0.15, 0.2) is 0 Å². The monoisotopic (exact) mass is 322 g/mol. The van der Waals surface area contributed by atoms with E-state index in [1.807, 2.05) is 68.6 Å². The van der Waals surface area contributed by atoms with E-state index in [-0.39, 0.29) is 5.57 Å². The highest BCUT2D eigenvalue weighted by Gasteiger charge is 2.10. The van der Waals surface area contributed by atoms with Gasteiger partial charge >= 0.3 is 0 Å². The van der Waals surface area contributed by atoms with E-state index in [1.165, 1.54) is 0 Å². The number of nitrogens with one attached hydrogen (secondary N) is 1. The van der Waals surface area contributed by atoms with E-state index in [0.29, 0.717) is 5.69 Å². The molecule has 0 saturated carbocycles.